The second-order valence-electron chi connectivity index (χ2n) is 11.8. The van der Waals surface area contributed by atoms with Gasteiger partial charge in [-0.2, -0.15) is 4.73 Å². The van der Waals surface area contributed by atoms with Crippen molar-refractivity contribution in [3.05, 3.63) is 63.0 Å². The van der Waals surface area contributed by atoms with Gasteiger partial charge in [-0.15, -0.1) is 23.1 Å². The van der Waals surface area contributed by atoms with Gasteiger partial charge in [0.25, 0.3) is 29.9 Å². The molecule has 2 atom stereocenters. The molecule has 0 radical (unpaired) electrons. The zero-order valence-electron chi connectivity index (χ0n) is 27.7. The Kier molecular flexibility index (Phi) is 10.7. The average Bonchev–Trinajstić information content (AvgIpc) is 3.53. The number of anilines is 3. The van der Waals surface area contributed by atoms with Crippen LogP contribution in [0.25, 0.3) is 0 Å². The monoisotopic (exact) mass is 774 g/mol. The van der Waals surface area contributed by atoms with Crippen LogP contribution in [-0.4, -0.2) is 111 Å². The Morgan fingerprint density at radius 1 is 1.19 bits per heavy atom. The van der Waals surface area contributed by atoms with Crippen molar-refractivity contribution in [2.45, 2.75) is 37.4 Å². The molecule has 0 spiro atoms. The third kappa shape index (κ3) is 8.06. The number of amides is 3. The molecule has 0 aromatic carbocycles. The van der Waals surface area contributed by atoms with Gasteiger partial charge in [0, 0.05) is 35.9 Å². The highest BCUT2D eigenvalue weighted by molar-refractivity contribution is 8.00. The van der Waals surface area contributed by atoms with Gasteiger partial charge < -0.3 is 52.8 Å². The van der Waals surface area contributed by atoms with Gasteiger partial charge in [0.05, 0.1) is 6.20 Å². The smallest absolute Gasteiger partial charge is 0.352 e. The predicted molar refractivity (Wildman–Crippen MR) is 185 cm³/mol. The zero-order chi connectivity index (χ0) is 38.8. The predicted octanol–water partition coefficient (Wildman–Crippen LogP) is -2.04. The molecule has 53 heavy (non-hydrogen) atoms. The number of pyridine rings is 1. The number of β-lactam (4-membered cyclic amide) rings is 1. The van der Waals surface area contributed by atoms with Crippen LogP contribution in [0.1, 0.15) is 30.0 Å². The first-order valence-corrected chi connectivity index (χ1v) is 17.1. The standard InChI is InChI=1S/C29H31N11O11S2/c1-29(2,27(48)49)51-37-18(14-10-53-28(31)35-14)23(44)36-19-24(45)40-20(26(46)47)12(9-52-25(19)40)6-38-7-13(21(30)34-11-38)32-3-4-33-22(43)15-5-16(41)17(42)8-39(15)50/h5,7-8,10-11,19,25,30,32,50H,3-4,6,9H2,1-2H3,(H7,31,33,35,36,42,43,44,46,47,48,49)/p+1/b37-18-/t19-,25?/m1/s1. The number of nitrogens with two attached hydrogens (primary N) is 2. The first kappa shape index (κ1) is 37.8. The molecular formula is C29H32N11O11S2+. The van der Waals surface area contributed by atoms with Gasteiger partial charge in [-0.1, -0.05) is 5.16 Å². The van der Waals surface area contributed by atoms with Gasteiger partial charge in [0.2, 0.25) is 11.0 Å². The highest BCUT2D eigenvalue weighted by atomic mass is 32.2. The lowest BCUT2D eigenvalue weighted by Gasteiger charge is -2.49. The largest absolute Gasteiger partial charge is 0.503 e. The summed E-state index contributed by atoms with van der Waals surface area (Å²) in [6, 6.07) is -0.400. The van der Waals surface area contributed by atoms with E-state index in [1.165, 1.54) is 41.9 Å². The molecule has 2 aliphatic heterocycles. The van der Waals surface area contributed by atoms with E-state index < -0.39 is 69.3 Å². The molecule has 3 amide bonds. The summed E-state index contributed by atoms with van der Waals surface area (Å²) in [5, 5.41) is 51.1. The van der Waals surface area contributed by atoms with Gasteiger partial charge in [0.15, 0.2) is 16.6 Å². The van der Waals surface area contributed by atoms with E-state index in [-0.39, 0.29) is 47.7 Å². The van der Waals surface area contributed by atoms with Crippen LogP contribution in [0.3, 0.4) is 0 Å². The summed E-state index contributed by atoms with van der Waals surface area (Å²) in [4.78, 5) is 88.9. The third-order valence-electron chi connectivity index (χ3n) is 7.66. The fraction of sp³-hybridized carbons (Fsp3) is 0.310. The summed E-state index contributed by atoms with van der Waals surface area (Å²) < 4.78 is 1.84. The summed E-state index contributed by atoms with van der Waals surface area (Å²) in [5.74, 6) is -5.70. The first-order chi connectivity index (χ1) is 25.0. The molecule has 0 bridgehead atoms. The summed E-state index contributed by atoms with van der Waals surface area (Å²) in [5.41, 5.74) is 8.54. The summed E-state index contributed by atoms with van der Waals surface area (Å²) in [6.45, 7) is 2.52. The quantitative estimate of drug-likeness (QED) is 0.0213. The molecule has 5 rings (SSSR count). The van der Waals surface area contributed by atoms with E-state index in [2.05, 4.69) is 31.1 Å². The maximum Gasteiger partial charge on any atom is 0.352 e. The summed E-state index contributed by atoms with van der Waals surface area (Å²) >= 11 is 2.18. The Morgan fingerprint density at radius 2 is 1.92 bits per heavy atom. The van der Waals surface area contributed by atoms with Gasteiger partial charge in [0.1, 0.15) is 46.9 Å². The van der Waals surface area contributed by atoms with Crippen LogP contribution >= 0.6 is 23.1 Å². The van der Waals surface area contributed by atoms with E-state index in [0.29, 0.717) is 22.2 Å². The maximum absolute atomic E-state index is 13.3. The number of nitrogen functional groups attached to an aromatic ring is 2. The van der Waals surface area contributed by atoms with Crippen LogP contribution in [-0.2, 0) is 30.6 Å². The Morgan fingerprint density at radius 3 is 2.58 bits per heavy atom. The topological polar surface area (TPSA) is 331 Å². The Labute approximate surface area is 305 Å². The number of carbonyl (C=O) groups excluding carboxylic acids is 3. The van der Waals surface area contributed by atoms with Gasteiger partial charge in [-0.05, 0) is 18.8 Å². The van der Waals surface area contributed by atoms with Crippen molar-refractivity contribution in [1.82, 2.24) is 30.2 Å². The lowest BCUT2D eigenvalue weighted by atomic mass is 10.0. The number of fused-ring (bicyclic) bond motifs is 1. The lowest BCUT2D eigenvalue weighted by Crippen LogP contribution is -2.71. The van der Waals surface area contributed by atoms with Gasteiger partial charge in [-0.25, -0.2) is 19.1 Å². The van der Waals surface area contributed by atoms with E-state index >= 15 is 0 Å². The minimum Gasteiger partial charge on any atom is -0.503 e. The van der Waals surface area contributed by atoms with Crippen LogP contribution in [0, 0.1) is 0 Å². The molecule has 1 fully saturated rings. The van der Waals surface area contributed by atoms with Crippen molar-refractivity contribution in [3.8, 4) is 5.75 Å². The number of nitrogens with zero attached hydrogens (tertiary/aromatic N) is 6. The highest BCUT2D eigenvalue weighted by Gasteiger charge is 2.54. The highest BCUT2D eigenvalue weighted by Crippen LogP contribution is 2.40. The summed E-state index contributed by atoms with van der Waals surface area (Å²) in [6.07, 6.45) is 3.59. The number of nitrogens with one attached hydrogen (secondary N) is 3. The number of carbonyl (C=O) groups is 5. The minimum atomic E-state index is -1.82. The molecular weight excluding hydrogens is 743 g/mol. The Hall–Kier alpha value is -6.43. The molecule has 3 aromatic heterocycles. The minimum absolute atomic E-state index is 0.00186. The fourth-order valence-electron chi connectivity index (χ4n) is 4.87. The SMILES string of the molecule is CC(C)(O/N=C(\C(=O)N[C@@H]1C(=O)N2C(C(=O)O)=C(C[n+]3cnc(N)c(NCCNC(=O)c4cc(=O)c(O)cn4O)c3)CSC12)c1csc(N)n1)C(=O)O. The van der Waals surface area contributed by atoms with Crippen molar-refractivity contribution >= 4 is 75.1 Å². The number of rotatable bonds is 14. The molecule has 11 N–H and O–H groups in total. The van der Waals surface area contributed by atoms with Crippen LogP contribution in [0.4, 0.5) is 16.6 Å². The maximum atomic E-state index is 13.3. The number of thioether (sulfide) groups is 1. The van der Waals surface area contributed by atoms with E-state index in [4.69, 9.17) is 16.3 Å². The van der Waals surface area contributed by atoms with Gasteiger partial charge in [-0.3, -0.25) is 24.1 Å². The third-order valence-corrected chi connectivity index (χ3v) is 9.67. The molecule has 24 heteroatoms. The second kappa shape index (κ2) is 15.0. The normalized spacial score (nSPS) is 17.1. The molecule has 22 nitrogen and oxygen atoms in total. The average molecular weight is 775 g/mol. The molecule has 1 unspecified atom stereocenters. The number of hydrogen-bond acceptors (Lipinski definition) is 17. The number of hydrogen-bond donors (Lipinski definition) is 9. The number of oxime groups is 1. The van der Waals surface area contributed by atoms with Crippen molar-refractivity contribution < 1.29 is 53.9 Å². The number of thiazole rings is 1. The summed E-state index contributed by atoms with van der Waals surface area (Å²) in [7, 11) is 0. The van der Waals surface area contributed by atoms with Gasteiger partial charge >= 0.3 is 11.9 Å². The van der Waals surface area contributed by atoms with Crippen LogP contribution in [0.5, 0.6) is 5.75 Å². The molecule has 280 valence electrons. The molecule has 0 aliphatic carbocycles. The number of aliphatic carboxylic acids is 2. The van der Waals surface area contributed by atoms with Crippen molar-refractivity contribution in [2.75, 3.05) is 35.6 Å². The van der Waals surface area contributed by atoms with E-state index in [1.54, 1.807) is 6.20 Å². The van der Waals surface area contributed by atoms with Crippen LogP contribution in [0.2, 0.25) is 0 Å². The number of aromatic nitrogens is 4. The number of carboxylic acid groups (broad SMARTS) is 2. The van der Waals surface area contributed by atoms with Crippen LogP contribution < -0.4 is 37.4 Å². The second-order valence-corrected chi connectivity index (χ2v) is 13.8. The molecule has 2 aliphatic rings. The van der Waals surface area contributed by atoms with E-state index in [0.717, 1.165) is 22.3 Å². The van der Waals surface area contributed by atoms with E-state index in [9.17, 15) is 49.3 Å². The van der Waals surface area contributed by atoms with Crippen LogP contribution in [0.15, 0.2) is 51.4 Å². The zero-order valence-corrected chi connectivity index (χ0v) is 29.3. The Balaban J connectivity index is 1.25. The first-order valence-electron chi connectivity index (χ1n) is 15.2. The Bertz CT molecular complexity index is 2130. The lowest BCUT2D eigenvalue weighted by molar-refractivity contribution is -0.691. The molecule has 0 saturated carbocycles. The molecule has 1 saturated heterocycles. The molecule has 3 aromatic rings. The fourth-order valence-corrected chi connectivity index (χ4v) is 6.76. The molecule has 5 heterocycles. The van der Waals surface area contributed by atoms with Crippen molar-refractivity contribution in [2.24, 2.45) is 5.16 Å². The van der Waals surface area contributed by atoms with Crippen molar-refractivity contribution in [3.63, 3.8) is 0 Å². The number of aromatic hydroxyl groups is 1. The van der Waals surface area contributed by atoms with E-state index in [1.807, 2.05) is 0 Å². The number of carboxylic acids is 2. The van der Waals surface area contributed by atoms with Crippen molar-refractivity contribution in [1.29, 1.82) is 0 Å².